The Balaban J connectivity index is 0.00000133. The van der Waals surface area contributed by atoms with E-state index in [9.17, 15) is 0 Å². The second-order valence-electron chi connectivity index (χ2n) is 4.69. The maximum absolute atomic E-state index is 6.05. The Labute approximate surface area is 119 Å². The molecule has 0 amide bonds. The molecule has 0 fully saturated rings. The summed E-state index contributed by atoms with van der Waals surface area (Å²) >= 11 is 0. The van der Waals surface area contributed by atoms with Crippen molar-refractivity contribution in [2.24, 2.45) is 0 Å². The number of pyridine rings is 1. The molecule has 1 aromatic carbocycles. The van der Waals surface area contributed by atoms with Gasteiger partial charge in [0.2, 0.25) is 0 Å². The summed E-state index contributed by atoms with van der Waals surface area (Å²) in [6.07, 6.45) is 4.09. The van der Waals surface area contributed by atoms with Crippen LogP contribution in [0.2, 0.25) is 0 Å². The van der Waals surface area contributed by atoms with Crippen LogP contribution < -0.4 is 10.6 Å². The Hall–Kier alpha value is -1.74. The van der Waals surface area contributed by atoms with E-state index in [0.717, 1.165) is 37.3 Å². The van der Waals surface area contributed by atoms with Crippen molar-refractivity contribution in [3.05, 3.63) is 53.9 Å². The van der Waals surface area contributed by atoms with Gasteiger partial charge in [-0.1, -0.05) is 12.1 Å². The van der Waals surface area contributed by atoms with E-state index in [1.54, 1.807) is 0 Å². The van der Waals surface area contributed by atoms with Gasteiger partial charge in [-0.15, -0.1) is 12.4 Å². The predicted molar refractivity (Wildman–Crippen MR) is 81.7 cm³/mol. The van der Waals surface area contributed by atoms with Gasteiger partial charge in [0, 0.05) is 24.1 Å². The molecule has 0 saturated carbocycles. The molecule has 2 aromatic rings. The summed E-state index contributed by atoms with van der Waals surface area (Å²) in [5, 5.41) is 0. The van der Waals surface area contributed by atoms with E-state index in [-0.39, 0.29) is 12.4 Å². The van der Waals surface area contributed by atoms with Crippen LogP contribution in [0.25, 0.3) is 0 Å². The van der Waals surface area contributed by atoms with E-state index >= 15 is 0 Å². The van der Waals surface area contributed by atoms with Crippen molar-refractivity contribution in [3.8, 4) is 0 Å². The fourth-order valence-corrected chi connectivity index (χ4v) is 2.58. The summed E-state index contributed by atoms with van der Waals surface area (Å²) in [5.74, 6) is 0. The summed E-state index contributed by atoms with van der Waals surface area (Å²) in [6, 6.07) is 12.2. The van der Waals surface area contributed by atoms with E-state index in [4.69, 9.17) is 5.73 Å². The van der Waals surface area contributed by atoms with Gasteiger partial charge in [-0.3, -0.25) is 4.98 Å². The Kier molecular flexibility index (Phi) is 4.27. The lowest BCUT2D eigenvalue weighted by Gasteiger charge is -2.31. The summed E-state index contributed by atoms with van der Waals surface area (Å²) in [6.45, 7) is 1.93. The van der Waals surface area contributed by atoms with Gasteiger partial charge < -0.3 is 10.6 Å². The van der Waals surface area contributed by atoms with Crippen LogP contribution in [0.3, 0.4) is 0 Å². The maximum Gasteiger partial charge on any atom is 0.0602 e. The highest BCUT2D eigenvalue weighted by molar-refractivity contribution is 5.85. The first-order valence-electron chi connectivity index (χ1n) is 6.37. The summed E-state index contributed by atoms with van der Waals surface area (Å²) in [4.78, 5) is 6.77. The van der Waals surface area contributed by atoms with Crippen molar-refractivity contribution in [3.63, 3.8) is 0 Å². The second-order valence-corrected chi connectivity index (χ2v) is 4.69. The third-order valence-corrected chi connectivity index (χ3v) is 3.46. The van der Waals surface area contributed by atoms with Gasteiger partial charge in [0.15, 0.2) is 0 Å². The third kappa shape index (κ3) is 2.82. The fourth-order valence-electron chi connectivity index (χ4n) is 2.58. The van der Waals surface area contributed by atoms with Crippen LogP contribution in [0, 0.1) is 0 Å². The van der Waals surface area contributed by atoms with Gasteiger partial charge in [-0.05, 0) is 42.7 Å². The molecule has 0 spiro atoms. The molecule has 0 bridgehead atoms. The predicted octanol–water partition coefficient (Wildman–Crippen LogP) is 3.04. The van der Waals surface area contributed by atoms with Gasteiger partial charge in [0.25, 0.3) is 0 Å². The Morgan fingerprint density at radius 1 is 1.16 bits per heavy atom. The highest BCUT2D eigenvalue weighted by Crippen LogP contribution is 2.31. The number of hydrogen-bond donors (Lipinski definition) is 1. The smallest absolute Gasteiger partial charge is 0.0602 e. The number of benzene rings is 1. The Morgan fingerprint density at radius 3 is 2.84 bits per heavy atom. The lowest BCUT2D eigenvalue weighted by molar-refractivity contribution is 0.685. The maximum atomic E-state index is 6.05. The van der Waals surface area contributed by atoms with E-state index in [2.05, 4.69) is 22.0 Å². The molecule has 3 rings (SSSR count). The first-order chi connectivity index (χ1) is 8.84. The molecular formula is C15H18ClN3. The van der Waals surface area contributed by atoms with E-state index in [0.29, 0.717) is 0 Å². The number of hydrogen-bond acceptors (Lipinski definition) is 3. The molecule has 2 N–H and O–H groups in total. The Morgan fingerprint density at radius 2 is 2.05 bits per heavy atom. The lowest BCUT2D eigenvalue weighted by Crippen LogP contribution is -2.29. The average molecular weight is 276 g/mol. The number of nitrogens with two attached hydrogens (primary N) is 1. The summed E-state index contributed by atoms with van der Waals surface area (Å²) in [7, 11) is 0. The minimum absolute atomic E-state index is 0. The molecule has 4 heteroatoms. The molecule has 0 atom stereocenters. The number of anilines is 2. The fraction of sp³-hybridized carbons (Fsp3) is 0.267. The molecule has 1 aliphatic rings. The van der Waals surface area contributed by atoms with Crippen LogP contribution in [-0.4, -0.2) is 11.5 Å². The van der Waals surface area contributed by atoms with Crippen molar-refractivity contribution in [1.82, 2.24) is 4.98 Å². The standard InChI is InChI=1S/C15H17N3.ClH/c16-14-7-3-8-15-13(14)6-4-10-18(15)11-12-5-1-2-9-17-12;/h1-3,5,7-9H,4,6,10-11,16H2;1H. The lowest BCUT2D eigenvalue weighted by atomic mass is 10.00. The molecule has 1 aliphatic heterocycles. The normalized spacial score (nSPS) is 13.6. The number of rotatable bonds is 2. The topological polar surface area (TPSA) is 42.1 Å². The molecule has 3 nitrogen and oxygen atoms in total. The minimum Gasteiger partial charge on any atom is -0.398 e. The molecule has 19 heavy (non-hydrogen) atoms. The molecule has 0 unspecified atom stereocenters. The molecule has 2 heterocycles. The second kappa shape index (κ2) is 5.93. The largest absolute Gasteiger partial charge is 0.398 e. The SMILES string of the molecule is Cl.Nc1cccc2c1CCCN2Cc1ccccn1. The highest BCUT2D eigenvalue weighted by Gasteiger charge is 2.18. The van der Waals surface area contributed by atoms with Gasteiger partial charge in [0.1, 0.15) is 0 Å². The van der Waals surface area contributed by atoms with Gasteiger partial charge in [0.05, 0.1) is 12.2 Å². The monoisotopic (exact) mass is 275 g/mol. The van der Waals surface area contributed by atoms with Gasteiger partial charge in [-0.2, -0.15) is 0 Å². The first kappa shape index (κ1) is 13.7. The van der Waals surface area contributed by atoms with Gasteiger partial charge in [-0.25, -0.2) is 0 Å². The van der Waals surface area contributed by atoms with Crippen molar-refractivity contribution in [1.29, 1.82) is 0 Å². The molecular weight excluding hydrogens is 258 g/mol. The van der Waals surface area contributed by atoms with E-state index in [1.165, 1.54) is 11.3 Å². The minimum atomic E-state index is 0. The zero-order chi connectivity index (χ0) is 12.4. The number of nitrogens with zero attached hydrogens (tertiary/aromatic N) is 2. The third-order valence-electron chi connectivity index (χ3n) is 3.46. The zero-order valence-electron chi connectivity index (χ0n) is 10.7. The van der Waals surface area contributed by atoms with Crippen molar-refractivity contribution < 1.29 is 0 Å². The summed E-state index contributed by atoms with van der Waals surface area (Å²) in [5.41, 5.74) is 10.6. The van der Waals surface area contributed by atoms with Gasteiger partial charge >= 0.3 is 0 Å². The van der Waals surface area contributed by atoms with Crippen LogP contribution in [0.15, 0.2) is 42.6 Å². The highest BCUT2D eigenvalue weighted by atomic mass is 35.5. The van der Waals surface area contributed by atoms with Crippen LogP contribution in [-0.2, 0) is 13.0 Å². The molecule has 100 valence electrons. The van der Waals surface area contributed by atoms with Crippen LogP contribution >= 0.6 is 12.4 Å². The average Bonchev–Trinajstić information content (AvgIpc) is 2.41. The van der Waals surface area contributed by atoms with E-state index < -0.39 is 0 Å². The van der Waals surface area contributed by atoms with Crippen LogP contribution in [0.4, 0.5) is 11.4 Å². The molecule has 0 radical (unpaired) electrons. The first-order valence-corrected chi connectivity index (χ1v) is 6.37. The number of halogens is 1. The van der Waals surface area contributed by atoms with Crippen molar-refractivity contribution in [2.45, 2.75) is 19.4 Å². The molecule has 1 aromatic heterocycles. The Bertz CT molecular complexity index is 542. The van der Waals surface area contributed by atoms with Crippen LogP contribution in [0.5, 0.6) is 0 Å². The number of aromatic nitrogens is 1. The summed E-state index contributed by atoms with van der Waals surface area (Å²) < 4.78 is 0. The molecule has 0 saturated heterocycles. The van der Waals surface area contributed by atoms with Crippen molar-refractivity contribution in [2.75, 3.05) is 17.2 Å². The zero-order valence-corrected chi connectivity index (χ0v) is 11.6. The quantitative estimate of drug-likeness (QED) is 0.857. The molecule has 0 aliphatic carbocycles. The van der Waals surface area contributed by atoms with Crippen LogP contribution in [0.1, 0.15) is 17.7 Å². The number of nitrogen functional groups attached to an aromatic ring is 1. The van der Waals surface area contributed by atoms with E-state index in [1.807, 2.05) is 30.5 Å². The van der Waals surface area contributed by atoms with Crippen molar-refractivity contribution >= 4 is 23.8 Å². The number of fused-ring (bicyclic) bond motifs is 1.